The molecule has 1 N–H and O–H groups in total. The summed E-state index contributed by atoms with van der Waals surface area (Å²) in [6, 6.07) is 19.6. The Morgan fingerprint density at radius 2 is 1.78 bits per heavy atom. The zero-order chi connectivity index (χ0) is 26.7. The van der Waals surface area contributed by atoms with Crippen LogP contribution in [-0.4, -0.2) is 67.5 Å². The van der Waals surface area contributed by atoms with E-state index in [1.165, 1.54) is 33.5 Å². The molecule has 1 aliphatic rings. The third-order valence-corrected chi connectivity index (χ3v) is 8.70. The molecule has 4 rings (SSSR count). The first-order valence-corrected chi connectivity index (χ1v) is 13.6. The highest BCUT2D eigenvalue weighted by atomic mass is 32.2. The van der Waals surface area contributed by atoms with Gasteiger partial charge in [0.25, 0.3) is 5.91 Å². The summed E-state index contributed by atoms with van der Waals surface area (Å²) < 4.78 is 49.2. The smallest absolute Gasteiger partial charge is 0.256 e. The maximum Gasteiger partial charge on any atom is 0.256 e. The molecule has 0 radical (unpaired) electrons. The van der Waals surface area contributed by atoms with E-state index in [1.807, 2.05) is 37.3 Å². The number of benzene rings is 3. The first kappa shape index (κ1) is 26.8. The Kier molecular flexibility index (Phi) is 7.96. The molecule has 9 heteroatoms. The van der Waals surface area contributed by atoms with E-state index in [4.69, 9.17) is 4.74 Å². The second kappa shape index (κ2) is 11.0. The summed E-state index contributed by atoms with van der Waals surface area (Å²) in [5, 5.41) is 9.82. The van der Waals surface area contributed by atoms with Crippen LogP contribution in [0.3, 0.4) is 0 Å². The van der Waals surface area contributed by atoms with Crippen LogP contribution in [0.25, 0.3) is 11.1 Å². The molecular formula is C28H31FN2O5S. The summed E-state index contributed by atoms with van der Waals surface area (Å²) in [5.74, 6) is -1.30. The molecule has 0 aliphatic carbocycles. The third kappa shape index (κ3) is 5.53. The number of halogens is 1. The van der Waals surface area contributed by atoms with Gasteiger partial charge in [-0.05, 0) is 42.3 Å². The summed E-state index contributed by atoms with van der Waals surface area (Å²) in [4.78, 5) is 14.4. The number of fused-ring (bicyclic) bond motifs is 1. The minimum absolute atomic E-state index is 0.00698. The van der Waals surface area contributed by atoms with Crippen molar-refractivity contribution >= 4 is 15.9 Å². The Morgan fingerprint density at radius 1 is 1.11 bits per heavy atom. The number of hydrogen-bond donors (Lipinski definition) is 1. The van der Waals surface area contributed by atoms with E-state index in [1.54, 1.807) is 32.2 Å². The van der Waals surface area contributed by atoms with Crippen molar-refractivity contribution in [2.24, 2.45) is 5.92 Å². The Hall–Kier alpha value is -3.27. The zero-order valence-corrected chi connectivity index (χ0v) is 21.9. The molecular weight excluding hydrogens is 495 g/mol. The molecule has 0 unspecified atom stereocenters. The van der Waals surface area contributed by atoms with Crippen LogP contribution in [0, 0.1) is 11.7 Å². The molecule has 3 aromatic rings. The number of carbonyl (C=O) groups is 1. The Morgan fingerprint density at radius 3 is 2.46 bits per heavy atom. The molecule has 0 saturated carbocycles. The minimum Gasteiger partial charge on any atom is -0.487 e. The van der Waals surface area contributed by atoms with Gasteiger partial charge in [0.05, 0.1) is 18.7 Å². The van der Waals surface area contributed by atoms with Crippen molar-refractivity contribution in [3.63, 3.8) is 0 Å². The second-order valence-electron chi connectivity index (χ2n) is 9.43. The van der Waals surface area contributed by atoms with Gasteiger partial charge in [0, 0.05) is 25.6 Å². The molecule has 0 saturated heterocycles. The number of sulfonamides is 1. The predicted molar refractivity (Wildman–Crippen MR) is 139 cm³/mol. The van der Waals surface area contributed by atoms with Crippen molar-refractivity contribution in [1.29, 1.82) is 0 Å². The molecule has 3 atom stereocenters. The first-order valence-electron chi connectivity index (χ1n) is 12.1. The lowest BCUT2D eigenvalue weighted by molar-refractivity contribution is 0.0560. The Balaban J connectivity index is 1.74. The van der Waals surface area contributed by atoms with Gasteiger partial charge in [-0.1, -0.05) is 55.5 Å². The van der Waals surface area contributed by atoms with Crippen molar-refractivity contribution < 1.29 is 27.4 Å². The molecule has 3 aromatic carbocycles. The minimum atomic E-state index is -3.98. The van der Waals surface area contributed by atoms with E-state index in [9.17, 15) is 22.7 Å². The lowest BCUT2D eigenvalue weighted by Gasteiger charge is -2.37. The van der Waals surface area contributed by atoms with E-state index in [-0.39, 0.29) is 41.8 Å². The zero-order valence-electron chi connectivity index (χ0n) is 21.0. The SMILES string of the molecule is C[C@@H]1CN([C@@H](C)CO)S(=O)(=O)c2ccc(-c3ccccc3)cc2O[C@H]1CN(C)C(=O)c1ccccc1F. The molecule has 0 fully saturated rings. The maximum atomic E-state index is 14.3. The van der Waals surface area contributed by atoms with Gasteiger partial charge in [0.1, 0.15) is 22.6 Å². The second-order valence-corrected chi connectivity index (χ2v) is 11.3. The van der Waals surface area contributed by atoms with Crippen molar-refractivity contribution in [2.45, 2.75) is 30.9 Å². The molecule has 37 heavy (non-hydrogen) atoms. The molecule has 7 nitrogen and oxygen atoms in total. The first-order chi connectivity index (χ1) is 17.6. The number of amides is 1. The molecule has 0 aromatic heterocycles. The van der Waals surface area contributed by atoms with E-state index >= 15 is 0 Å². The topological polar surface area (TPSA) is 87.2 Å². The van der Waals surface area contributed by atoms with E-state index in [0.717, 1.165) is 11.1 Å². The lowest BCUT2D eigenvalue weighted by Crippen LogP contribution is -2.50. The molecule has 0 spiro atoms. The van der Waals surface area contributed by atoms with Crippen molar-refractivity contribution in [1.82, 2.24) is 9.21 Å². The summed E-state index contributed by atoms with van der Waals surface area (Å²) in [5.41, 5.74) is 1.62. The average Bonchev–Trinajstić information content (AvgIpc) is 2.90. The predicted octanol–water partition coefficient (Wildman–Crippen LogP) is 4.03. The fourth-order valence-electron chi connectivity index (χ4n) is 4.45. The van der Waals surface area contributed by atoms with Gasteiger partial charge in [0.2, 0.25) is 10.0 Å². The number of hydrogen-bond acceptors (Lipinski definition) is 5. The van der Waals surface area contributed by atoms with Crippen LogP contribution in [0.5, 0.6) is 5.75 Å². The fraction of sp³-hybridized carbons (Fsp3) is 0.321. The number of aliphatic hydroxyl groups is 1. The molecule has 1 amide bonds. The number of carbonyl (C=O) groups excluding carboxylic acids is 1. The van der Waals surface area contributed by atoms with Crippen LogP contribution >= 0.6 is 0 Å². The highest BCUT2D eigenvalue weighted by molar-refractivity contribution is 7.89. The van der Waals surface area contributed by atoms with E-state index in [2.05, 4.69) is 0 Å². The van der Waals surface area contributed by atoms with Crippen LogP contribution in [0.1, 0.15) is 24.2 Å². The van der Waals surface area contributed by atoms with Crippen LogP contribution in [0.4, 0.5) is 4.39 Å². The van der Waals surface area contributed by atoms with Crippen molar-refractivity contribution in [3.05, 3.63) is 84.2 Å². The van der Waals surface area contributed by atoms with Gasteiger partial charge >= 0.3 is 0 Å². The van der Waals surface area contributed by atoms with Crippen LogP contribution in [0.2, 0.25) is 0 Å². The standard InChI is InChI=1S/C28H31FN2O5S/c1-19-16-31(20(2)18-32)37(34,35)27-14-13-22(21-9-5-4-6-10-21)15-25(27)36-26(19)17-30(3)28(33)23-11-7-8-12-24(23)29/h4-15,19-20,26,32H,16-18H2,1-3H3/t19-,20+,26+/m1/s1. The molecule has 1 heterocycles. The van der Waals surface area contributed by atoms with Crippen LogP contribution < -0.4 is 4.74 Å². The van der Waals surface area contributed by atoms with Crippen molar-refractivity contribution in [2.75, 3.05) is 26.7 Å². The van der Waals surface area contributed by atoms with Crippen LogP contribution in [0.15, 0.2) is 77.7 Å². The highest BCUT2D eigenvalue weighted by Gasteiger charge is 2.38. The third-order valence-electron chi connectivity index (χ3n) is 6.68. The Bertz CT molecular complexity index is 1370. The molecule has 1 aliphatic heterocycles. The number of rotatable bonds is 6. The summed E-state index contributed by atoms with van der Waals surface area (Å²) in [6.45, 7) is 3.32. The maximum absolute atomic E-state index is 14.3. The Labute approximate surface area is 217 Å². The number of likely N-dealkylation sites (N-methyl/N-ethyl adjacent to an activating group) is 1. The molecule has 0 bridgehead atoms. The summed E-state index contributed by atoms with van der Waals surface area (Å²) >= 11 is 0. The average molecular weight is 527 g/mol. The van der Waals surface area contributed by atoms with Gasteiger partial charge in [0.15, 0.2) is 0 Å². The van der Waals surface area contributed by atoms with Gasteiger partial charge in [-0.15, -0.1) is 0 Å². The normalized spacial score (nSPS) is 20.1. The summed E-state index contributed by atoms with van der Waals surface area (Å²) in [6.07, 6.45) is -0.602. The van der Waals surface area contributed by atoms with E-state index in [0.29, 0.717) is 0 Å². The van der Waals surface area contributed by atoms with E-state index < -0.39 is 33.9 Å². The largest absolute Gasteiger partial charge is 0.487 e. The van der Waals surface area contributed by atoms with Gasteiger partial charge < -0.3 is 14.7 Å². The van der Waals surface area contributed by atoms with Gasteiger partial charge in [-0.2, -0.15) is 4.31 Å². The molecule has 196 valence electrons. The number of aliphatic hydroxyl groups excluding tert-OH is 1. The number of ether oxygens (including phenoxy) is 1. The quantitative estimate of drug-likeness (QED) is 0.524. The van der Waals surface area contributed by atoms with Crippen molar-refractivity contribution in [3.8, 4) is 16.9 Å². The monoisotopic (exact) mass is 526 g/mol. The van der Waals surface area contributed by atoms with Gasteiger partial charge in [-0.25, -0.2) is 12.8 Å². The fourth-order valence-corrected chi connectivity index (χ4v) is 6.27. The highest BCUT2D eigenvalue weighted by Crippen LogP contribution is 2.36. The van der Waals surface area contributed by atoms with Gasteiger partial charge in [-0.3, -0.25) is 4.79 Å². The summed E-state index contributed by atoms with van der Waals surface area (Å²) in [7, 11) is -2.42. The van der Waals surface area contributed by atoms with Crippen LogP contribution in [-0.2, 0) is 10.0 Å². The lowest BCUT2D eigenvalue weighted by atomic mass is 10.0. The number of nitrogens with zero attached hydrogens (tertiary/aromatic N) is 2.